The lowest BCUT2D eigenvalue weighted by atomic mass is 9.85. The van der Waals surface area contributed by atoms with Gasteiger partial charge in [-0.25, -0.2) is 9.35 Å². The van der Waals surface area contributed by atoms with Gasteiger partial charge in [0.25, 0.3) is 0 Å². The minimum Gasteiger partial charge on any atom is -0.491 e. The van der Waals surface area contributed by atoms with Crippen molar-refractivity contribution in [2.45, 2.75) is 43.9 Å². The third-order valence-electron chi connectivity index (χ3n) is 4.16. The Morgan fingerprint density at radius 2 is 1.91 bits per heavy atom. The zero-order valence-electron chi connectivity index (χ0n) is 13.4. The maximum atomic E-state index is 11.3. The third kappa shape index (κ3) is 4.11. The van der Waals surface area contributed by atoms with Gasteiger partial charge in [-0.15, -0.1) is 0 Å². The number of allylic oxidation sites excluding steroid dienone is 1. The molecular formula is C17H26N2O2S. The van der Waals surface area contributed by atoms with Crippen LogP contribution in [0.5, 0.6) is 0 Å². The highest BCUT2D eigenvalue weighted by atomic mass is 32.2. The quantitative estimate of drug-likeness (QED) is 0.791. The van der Waals surface area contributed by atoms with Crippen LogP contribution in [0.15, 0.2) is 34.9 Å². The van der Waals surface area contributed by atoms with Crippen molar-refractivity contribution in [2.24, 2.45) is 11.1 Å². The molecule has 3 N–H and O–H groups in total. The van der Waals surface area contributed by atoms with Crippen LogP contribution < -0.4 is 10.5 Å². The summed E-state index contributed by atoms with van der Waals surface area (Å²) in [7, 11) is 0.521. The fourth-order valence-electron chi connectivity index (χ4n) is 3.10. The van der Waals surface area contributed by atoms with E-state index in [1.807, 2.05) is 26.1 Å². The Bertz CT molecular complexity index is 534. The van der Waals surface area contributed by atoms with Crippen molar-refractivity contribution in [1.82, 2.24) is 5.32 Å². The summed E-state index contributed by atoms with van der Waals surface area (Å²) in [6, 6.07) is 7.48. The van der Waals surface area contributed by atoms with Crippen LogP contribution >= 0.6 is 0 Å². The van der Waals surface area contributed by atoms with E-state index in [1.165, 1.54) is 37.8 Å². The summed E-state index contributed by atoms with van der Waals surface area (Å²) in [5.41, 5.74) is 2.19. The minimum atomic E-state index is -1.44. The van der Waals surface area contributed by atoms with Gasteiger partial charge in [-0.3, -0.25) is 0 Å². The summed E-state index contributed by atoms with van der Waals surface area (Å²) in [4.78, 5) is 0.628. The van der Waals surface area contributed by atoms with Crippen LogP contribution in [0.2, 0.25) is 0 Å². The van der Waals surface area contributed by atoms with Crippen LogP contribution in [-0.4, -0.2) is 17.9 Å². The molecular weight excluding hydrogens is 296 g/mol. The third-order valence-corrected chi connectivity index (χ3v) is 4.90. The van der Waals surface area contributed by atoms with Crippen LogP contribution in [0, 0.1) is 5.92 Å². The normalized spacial score (nSPS) is 18.5. The number of hydrogen-bond acceptors (Lipinski definition) is 3. The van der Waals surface area contributed by atoms with Crippen LogP contribution in [0.1, 0.15) is 44.6 Å². The maximum absolute atomic E-state index is 11.3. The first-order chi connectivity index (χ1) is 10.7. The number of hydrogen-bond donors (Lipinski definition) is 2. The highest BCUT2D eigenvalue weighted by Crippen LogP contribution is 2.33. The molecule has 1 atom stereocenters. The van der Waals surface area contributed by atoms with E-state index < -0.39 is 11.0 Å². The van der Waals surface area contributed by atoms with Gasteiger partial charge in [0, 0.05) is 18.5 Å². The predicted octanol–water partition coefficient (Wildman–Crippen LogP) is 3.17. The second-order valence-corrected chi connectivity index (χ2v) is 6.65. The molecule has 1 aliphatic rings. The standard InChI is InChI=1S/C17H26N2O2S/c1-3-21-17(14-9-11-15(12-10-14)22(18)20)16(19-2)13-7-5-4-6-8-13/h9-13,19H,3-8,18H2,1-2H3/b17-16-. The molecule has 1 saturated carbocycles. The van der Waals surface area contributed by atoms with Crippen molar-refractivity contribution in [2.75, 3.05) is 13.7 Å². The van der Waals surface area contributed by atoms with Crippen molar-refractivity contribution in [1.29, 1.82) is 0 Å². The summed E-state index contributed by atoms with van der Waals surface area (Å²) < 4.78 is 17.3. The highest BCUT2D eigenvalue weighted by molar-refractivity contribution is 7.82. The minimum absolute atomic E-state index is 0.531. The first-order valence-corrected chi connectivity index (χ1v) is 9.20. The number of nitrogens with one attached hydrogen (secondary N) is 1. The van der Waals surface area contributed by atoms with Crippen LogP contribution in [0.3, 0.4) is 0 Å². The van der Waals surface area contributed by atoms with Crippen molar-refractivity contribution in [3.05, 3.63) is 35.5 Å². The zero-order chi connectivity index (χ0) is 15.9. The molecule has 22 heavy (non-hydrogen) atoms. The lowest BCUT2D eigenvalue weighted by Gasteiger charge is -2.27. The Morgan fingerprint density at radius 3 is 2.41 bits per heavy atom. The SMILES string of the molecule is CCO/C(=C(\NC)C1CCCCC1)c1ccc(S(N)=O)cc1. The number of nitrogens with two attached hydrogens (primary N) is 1. The summed E-state index contributed by atoms with van der Waals surface area (Å²) in [6.07, 6.45) is 6.30. The molecule has 0 aliphatic heterocycles. The predicted molar refractivity (Wildman–Crippen MR) is 91.2 cm³/mol. The summed E-state index contributed by atoms with van der Waals surface area (Å²) in [5.74, 6) is 1.44. The van der Waals surface area contributed by atoms with Gasteiger partial charge in [-0.2, -0.15) is 0 Å². The largest absolute Gasteiger partial charge is 0.491 e. The van der Waals surface area contributed by atoms with E-state index in [0.717, 1.165) is 11.3 Å². The van der Waals surface area contributed by atoms with Gasteiger partial charge in [0.05, 0.1) is 17.2 Å². The topological polar surface area (TPSA) is 64.3 Å². The van der Waals surface area contributed by atoms with E-state index in [2.05, 4.69) is 5.32 Å². The number of benzene rings is 1. The van der Waals surface area contributed by atoms with E-state index in [1.54, 1.807) is 12.1 Å². The maximum Gasteiger partial charge on any atom is 0.145 e. The fraction of sp³-hybridized carbons (Fsp3) is 0.529. The molecule has 1 aromatic carbocycles. The Balaban J connectivity index is 2.36. The molecule has 0 radical (unpaired) electrons. The molecule has 5 heteroatoms. The molecule has 0 amide bonds. The highest BCUT2D eigenvalue weighted by Gasteiger charge is 2.22. The molecule has 122 valence electrons. The average Bonchev–Trinajstić information content (AvgIpc) is 2.56. The molecule has 1 fully saturated rings. The first kappa shape index (κ1) is 17.0. The first-order valence-electron chi connectivity index (χ1n) is 7.98. The number of ether oxygens (including phenoxy) is 1. The fourth-order valence-corrected chi connectivity index (χ4v) is 3.50. The summed E-state index contributed by atoms with van der Waals surface area (Å²) in [6.45, 7) is 2.62. The monoisotopic (exact) mass is 322 g/mol. The van der Waals surface area contributed by atoms with E-state index in [-0.39, 0.29) is 0 Å². The molecule has 4 nitrogen and oxygen atoms in total. The average molecular weight is 322 g/mol. The Kier molecular flexibility index (Phi) is 6.46. The summed E-state index contributed by atoms with van der Waals surface area (Å²) in [5, 5.41) is 8.78. The molecule has 0 bridgehead atoms. The van der Waals surface area contributed by atoms with Gasteiger partial charge in [0.15, 0.2) is 0 Å². The summed E-state index contributed by atoms with van der Waals surface area (Å²) >= 11 is 0. The van der Waals surface area contributed by atoms with Crippen molar-refractivity contribution in [3.63, 3.8) is 0 Å². The molecule has 0 saturated heterocycles. The van der Waals surface area contributed by atoms with Gasteiger partial charge in [-0.05, 0) is 44.0 Å². The van der Waals surface area contributed by atoms with E-state index in [4.69, 9.17) is 9.88 Å². The van der Waals surface area contributed by atoms with Gasteiger partial charge in [-0.1, -0.05) is 19.3 Å². The number of rotatable bonds is 6. The van der Waals surface area contributed by atoms with Gasteiger partial charge in [0.1, 0.15) is 16.7 Å². The Labute approximate surface area is 135 Å². The van der Waals surface area contributed by atoms with Crippen molar-refractivity contribution >= 4 is 16.7 Å². The second-order valence-electron chi connectivity index (χ2n) is 5.58. The molecule has 1 unspecified atom stereocenters. The van der Waals surface area contributed by atoms with E-state index in [9.17, 15) is 4.21 Å². The smallest absolute Gasteiger partial charge is 0.145 e. The lowest BCUT2D eigenvalue weighted by Crippen LogP contribution is -2.21. The molecule has 1 aliphatic carbocycles. The van der Waals surface area contributed by atoms with Crippen LogP contribution in [0.25, 0.3) is 5.76 Å². The van der Waals surface area contributed by atoms with Gasteiger partial charge < -0.3 is 10.1 Å². The zero-order valence-corrected chi connectivity index (χ0v) is 14.2. The van der Waals surface area contributed by atoms with Crippen molar-refractivity contribution < 1.29 is 8.95 Å². The Hall–Kier alpha value is -1.33. The van der Waals surface area contributed by atoms with E-state index >= 15 is 0 Å². The van der Waals surface area contributed by atoms with Gasteiger partial charge in [0.2, 0.25) is 0 Å². The lowest BCUT2D eigenvalue weighted by molar-refractivity contribution is 0.284. The van der Waals surface area contributed by atoms with Crippen LogP contribution in [-0.2, 0) is 15.7 Å². The van der Waals surface area contributed by atoms with Crippen molar-refractivity contribution in [3.8, 4) is 0 Å². The Morgan fingerprint density at radius 1 is 1.27 bits per heavy atom. The van der Waals surface area contributed by atoms with Gasteiger partial charge >= 0.3 is 0 Å². The molecule has 1 aromatic rings. The van der Waals surface area contributed by atoms with Crippen LogP contribution in [0.4, 0.5) is 0 Å². The molecule has 0 heterocycles. The molecule has 0 spiro atoms. The van der Waals surface area contributed by atoms with E-state index in [0.29, 0.717) is 17.4 Å². The second kappa shape index (κ2) is 8.34. The molecule has 2 rings (SSSR count). The molecule has 0 aromatic heterocycles.